The lowest BCUT2D eigenvalue weighted by Crippen LogP contribution is -2.30. The van der Waals surface area contributed by atoms with Crippen molar-refractivity contribution >= 4 is 17.7 Å². The van der Waals surface area contributed by atoms with Gasteiger partial charge in [0.15, 0.2) is 0 Å². The molecule has 3 rings (SSSR count). The third kappa shape index (κ3) is 3.24. The van der Waals surface area contributed by atoms with Crippen molar-refractivity contribution < 1.29 is 14.4 Å². The number of hydrogen-bond acceptors (Lipinski definition) is 4. The number of aryl methyl sites for hydroxylation is 1. The summed E-state index contributed by atoms with van der Waals surface area (Å²) in [7, 11) is 3.52. The van der Waals surface area contributed by atoms with Gasteiger partial charge in [-0.25, -0.2) is 0 Å². The third-order valence-corrected chi connectivity index (χ3v) is 4.48. The molecule has 0 fully saturated rings. The molecule has 0 saturated heterocycles. The first kappa shape index (κ1) is 17.8. The average Bonchev–Trinajstić information content (AvgIpc) is 3.14. The van der Waals surface area contributed by atoms with Crippen molar-refractivity contribution in [2.45, 2.75) is 26.3 Å². The highest BCUT2D eigenvalue weighted by Crippen LogP contribution is 2.25. The minimum absolute atomic E-state index is 0.205. The van der Waals surface area contributed by atoms with E-state index < -0.39 is 0 Å². The zero-order valence-electron chi connectivity index (χ0n) is 15.2. The van der Waals surface area contributed by atoms with E-state index in [1.807, 2.05) is 20.2 Å². The molecular formula is C19H22N4O3. The van der Waals surface area contributed by atoms with Crippen molar-refractivity contribution in [3.8, 4) is 0 Å². The summed E-state index contributed by atoms with van der Waals surface area (Å²) in [6.45, 7) is 2.83. The molecule has 7 heteroatoms. The van der Waals surface area contributed by atoms with E-state index in [1.165, 1.54) is 11.0 Å². The topological polar surface area (TPSA) is 75.5 Å². The highest BCUT2D eigenvalue weighted by Gasteiger charge is 2.35. The fraction of sp³-hybridized carbons (Fsp3) is 0.368. The summed E-state index contributed by atoms with van der Waals surface area (Å²) in [4.78, 5) is 40.4. The van der Waals surface area contributed by atoms with Crippen molar-refractivity contribution in [1.82, 2.24) is 19.6 Å². The number of imide groups is 1. The van der Waals surface area contributed by atoms with Crippen LogP contribution in [0.5, 0.6) is 0 Å². The molecule has 0 N–H and O–H groups in total. The van der Waals surface area contributed by atoms with Crippen LogP contribution in [0.2, 0.25) is 0 Å². The highest BCUT2D eigenvalue weighted by atomic mass is 16.2. The Morgan fingerprint density at radius 3 is 2.58 bits per heavy atom. The molecule has 0 radical (unpaired) electrons. The molecule has 7 nitrogen and oxygen atoms in total. The zero-order chi connectivity index (χ0) is 18.8. The fourth-order valence-corrected chi connectivity index (χ4v) is 3.06. The van der Waals surface area contributed by atoms with Gasteiger partial charge in [0, 0.05) is 44.5 Å². The first-order valence-corrected chi connectivity index (χ1v) is 8.65. The molecule has 1 aromatic carbocycles. The van der Waals surface area contributed by atoms with Gasteiger partial charge in [0.2, 0.25) is 0 Å². The number of fused-ring (bicyclic) bond motifs is 1. The Balaban J connectivity index is 1.79. The molecular weight excluding hydrogens is 332 g/mol. The molecule has 3 amide bonds. The van der Waals surface area contributed by atoms with Crippen LogP contribution in [0.3, 0.4) is 0 Å². The number of amides is 3. The summed E-state index contributed by atoms with van der Waals surface area (Å²) in [6.07, 6.45) is 5.22. The number of nitrogens with zero attached hydrogens (tertiary/aromatic N) is 4. The van der Waals surface area contributed by atoms with Crippen LogP contribution in [0, 0.1) is 0 Å². The molecule has 1 aliphatic heterocycles. The van der Waals surface area contributed by atoms with Crippen LogP contribution in [0.15, 0.2) is 30.6 Å². The van der Waals surface area contributed by atoms with Crippen LogP contribution in [-0.2, 0) is 13.6 Å². The van der Waals surface area contributed by atoms with Gasteiger partial charge in [0.1, 0.15) is 0 Å². The number of unbranched alkanes of at least 4 members (excludes halogenated alkanes) is 1. The smallest absolute Gasteiger partial charge is 0.261 e. The lowest BCUT2D eigenvalue weighted by molar-refractivity contribution is 0.0652. The van der Waals surface area contributed by atoms with Crippen LogP contribution in [0.4, 0.5) is 0 Å². The Hall–Kier alpha value is -2.96. The van der Waals surface area contributed by atoms with Crippen molar-refractivity contribution in [2.24, 2.45) is 7.05 Å². The fourth-order valence-electron chi connectivity index (χ4n) is 3.06. The Labute approximate surface area is 152 Å². The summed E-state index contributed by atoms with van der Waals surface area (Å²) >= 11 is 0. The Morgan fingerprint density at radius 2 is 1.92 bits per heavy atom. The van der Waals surface area contributed by atoms with E-state index in [-0.39, 0.29) is 17.7 Å². The van der Waals surface area contributed by atoms with Gasteiger partial charge in [-0.2, -0.15) is 5.10 Å². The number of carbonyl (C=O) groups is 3. The molecule has 26 heavy (non-hydrogen) atoms. The molecule has 0 saturated carbocycles. The molecule has 0 aliphatic carbocycles. The number of aromatic nitrogens is 2. The quantitative estimate of drug-likeness (QED) is 0.745. The normalized spacial score (nSPS) is 13.3. The molecule has 2 aromatic rings. The second-order valence-corrected chi connectivity index (χ2v) is 6.56. The van der Waals surface area contributed by atoms with Gasteiger partial charge in [-0.3, -0.25) is 24.0 Å². The molecule has 0 atom stereocenters. The molecule has 0 unspecified atom stereocenters. The highest BCUT2D eigenvalue weighted by molar-refractivity contribution is 6.22. The average molecular weight is 354 g/mol. The van der Waals surface area contributed by atoms with E-state index in [4.69, 9.17) is 0 Å². The van der Waals surface area contributed by atoms with Crippen molar-refractivity contribution in [2.75, 3.05) is 13.6 Å². The van der Waals surface area contributed by atoms with Crippen LogP contribution in [0.1, 0.15) is 56.4 Å². The van der Waals surface area contributed by atoms with E-state index in [9.17, 15) is 14.4 Å². The second kappa shape index (κ2) is 7.11. The van der Waals surface area contributed by atoms with Gasteiger partial charge in [-0.1, -0.05) is 13.3 Å². The van der Waals surface area contributed by atoms with Gasteiger partial charge < -0.3 is 4.90 Å². The molecule has 1 aliphatic rings. The number of hydrogen-bond donors (Lipinski definition) is 0. The van der Waals surface area contributed by atoms with Crippen molar-refractivity contribution in [3.05, 3.63) is 52.8 Å². The Kier molecular flexibility index (Phi) is 4.88. The van der Waals surface area contributed by atoms with Crippen LogP contribution in [0.25, 0.3) is 0 Å². The van der Waals surface area contributed by atoms with Gasteiger partial charge in [0.05, 0.1) is 17.3 Å². The minimum atomic E-state index is -0.317. The summed E-state index contributed by atoms with van der Waals surface area (Å²) < 4.78 is 1.68. The van der Waals surface area contributed by atoms with E-state index >= 15 is 0 Å². The maximum Gasteiger partial charge on any atom is 0.261 e. The number of benzene rings is 1. The first-order valence-electron chi connectivity index (χ1n) is 8.65. The Bertz CT molecular complexity index is 871. The number of carbonyl (C=O) groups excluding carboxylic acids is 3. The zero-order valence-corrected chi connectivity index (χ0v) is 15.2. The maximum absolute atomic E-state index is 12.7. The molecule has 136 valence electrons. The minimum Gasteiger partial charge on any atom is -0.337 e. The summed E-state index contributed by atoms with van der Waals surface area (Å²) in [6, 6.07) is 4.71. The van der Waals surface area contributed by atoms with E-state index in [0.29, 0.717) is 29.8 Å². The van der Waals surface area contributed by atoms with Gasteiger partial charge in [-0.15, -0.1) is 0 Å². The molecule has 1 aromatic heterocycles. The monoisotopic (exact) mass is 354 g/mol. The van der Waals surface area contributed by atoms with Crippen LogP contribution >= 0.6 is 0 Å². The largest absolute Gasteiger partial charge is 0.337 e. The lowest BCUT2D eigenvalue weighted by atomic mass is 10.0. The molecule has 2 heterocycles. The van der Waals surface area contributed by atoms with Crippen molar-refractivity contribution in [3.63, 3.8) is 0 Å². The van der Waals surface area contributed by atoms with E-state index in [0.717, 1.165) is 18.4 Å². The van der Waals surface area contributed by atoms with Crippen LogP contribution < -0.4 is 0 Å². The summed E-state index contributed by atoms with van der Waals surface area (Å²) in [5.74, 6) is -0.798. The van der Waals surface area contributed by atoms with Gasteiger partial charge >= 0.3 is 0 Å². The predicted molar refractivity (Wildman–Crippen MR) is 95.7 cm³/mol. The summed E-state index contributed by atoms with van der Waals surface area (Å²) in [5, 5.41) is 4.09. The SMILES string of the molecule is CCCCN1C(=O)c2ccc(C(=O)N(C)Cc3cnn(C)c3)cc2C1=O. The third-order valence-electron chi connectivity index (χ3n) is 4.48. The van der Waals surface area contributed by atoms with Crippen molar-refractivity contribution in [1.29, 1.82) is 0 Å². The molecule has 0 bridgehead atoms. The molecule has 0 spiro atoms. The maximum atomic E-state index is 12.7. The lowest BCUT2D eigenvalue weighted by Gasteiger charge is -2.16. The van der Waals surface area contributed by atoms with Crippen LogP contribution in [-0.4, -0.2) is 50.9 Å². The summed E-state index contributed by atoms with van der Waals surface area (Å²) in [5.41, 5.74) is 2.00. The Morgan fingerprint density at radius 1 is 1.19 bits per heavy atom. The standard InChI is InChI=1S/C19H22N4O3/c1-4-5-8-23-18(25)15-7-6-14(9-16(15)19(23)26)17(24)21(2)11-13-10-20-22(3)12-13/h6-7,9-10,12H,4-5,8,11H2,1-3H3. The predicted octanol–water partition coefficient (Wildman–Crippen LogP) is 2.09. The first-order chi connectivity index (χ1) is 12.4. The van der Waals surface area contributed by atoms with E-state index in [1.54, 1.807) is 35.0 Å². The second-order valence-electron chi connectivity index (χ2n) is 6.56. The van der Waals surface area contributed by atoms with Gasteiger partial charge in [0.25, 0.3) is 17.7 Å². The number of rotatable bonds is 6. The van der Waals surface area contributed by atoms with Gasteiger partial charge in [-0.05, 0) is 24.6 Å². The van der Waals surface area contributed by atoms with E-state index in [2.05, 4.69) is 5.10 Å².